The number of carbonyl (C=O) groups excluding carboxylic acids is 1. The fraction of sp³-hybridized carbons (Fsp3) is 0.121. The van der Waals surface area contributed by atoms with Gasteiger partial charge in [-0.2, -0.15) is 35.0 Å². The first-order chi connectivity index (χ1) is 24.0. The van der Waals surface area contributed by atoms with Gasteiger partial charge < -0.3 is 19.9 Å². The minimum Gasteiger partial charge on any atom is -0.744 e. The zero-order valence-corrected chi connectivity index (χ0v) is 34.5. The number of methoxy groups -OCH3 is 1. The number of ether oxygens (including phenoxy) is 1. The second kappa shape index (κ2) is 19.6. The number of nitrogens with one attached hydrogen (secondary N) is 1. The van der Waals surface area contributed by atoms with Crippen LogP contribution in [0.25, 0.3) is 10.8 Å². The summed E-state index contributed by atoms with van der Waals surface area (Å²) in [6.07, 6.45) is 0. The average Bonchev–Trinajstić information content (AvgIpc) is 3.09. The number of rotatable bonds is 12. The second-order valence-electron chi connectivity index (χ2n) is 10.5. The largest absolute Gasteiger partial charge is 1.00 e. The molecule has 0 radical (unpaired) electrons. The van der Waals surface area contributed by atoms with Crippen LogP contribution in [0.3, 0.4) is 0 Å². The fourth-order valence-electron chi connectivity index (χ4n) is 4.72. The number of benzene rings is 5. The molecule has 0 heterocycles. The van der Waals surface area contributed by atoms with Crippen molar-refractivity contribution < 1.29 is 96.2 Å². The summed E-state index contributed by atoms with van der Waals surface area (Å²) in [5.41, 5.74) is 5.19. The summed E-state index contributed by atoms with van der Waals surface area (Å²) >= 11 is 0.449. The van der Waals surface area contributed by atoms with Crippen molar-refractivity contribution in [2.24, 2.45) is 30.7 Å². The third-order valence-electron chi connectivity index (χ3n) is 7.14. The molecule has 0 aromatic heterocycles. The van der Waals surface area contributed by atoms with E-state index in [0.29, 0.717) is 57.2 Å². The second-order valence-corrected chi connectivity index (χ2v) is 12.6. The first kappa shape index (κ1) is 43.0. The number of nitrogens with zero attached hydrogens (tertiary/aromatic N) is 6. The van der Waals surface area contributed by atoms with Crippen LogP contribution in [0.2, 0.25) is 0 Å². The smallest absolute Gasteiger partial charge is 0.744 e. The van der Waals surface area contributed by atoms with E-state index in [-0.39, 0.29) is 75.1 Å². The minimum absolute atomic E-state index is 0. The zero-order chi connectivity index (χ0) is 35.8. The van der Waals surface area contributed by atoms with Gasteiger partial charge in [-0.3, -0.25) is 9.83 Å². The Balaban J connectivity index is 0.00000364. The van der Waals surface area contributed by atoms with E-state index < -0.39 is 20.9 Å². The van der Waals surface area contributed by atoms with Crippen LogP contribution in [0.15, 0.2) is 125 Å². The first-order valence-corrected chi connectivity index (χ1v) is 16.6. The first-order valence-electron chi connectivity index (χ1n) is 14.5. The van der Waals surface area contributed by atoms with E-state index >= 15 is 0 Å². The summed E-state index contributed by atoms with van der Waals surface area (Å²) in [7, 11) is -1.79. The van der Waals surface area contributed by atoms with Crippen molar-refractivity contribution in [1.82, 2.24) is 0 Å². The summed E-state index contributed by atoms with van der Waals surface area (Å²) in [5, 5.41) is 41.8. The molecule has 0 aliphatic heterocycles. The van der Waals surface area contributed by atoms with E-state index in [1.165, 1.54) is 24.3 Å². The molecule has 52 heavy (non-hydrogen) atoms. The molecule has 5 rings (SSSR count). The average molecular weight is 760 g/mol. The molecule has 0 unspecified atom stereocenters. The minimum atomic E-state index is -4.92. The third-order valence-corrected chi connectivity index (χ3v) is 8.56. The fourth-order valence-corrected chi connectivity index (χ4v) is 5.96. The molecule has 0 atom stereocenters. The van der Waals surface area contributed by atoms with Gasteiger partial charge in [-0.1, -0.05) is 6.07 Å². The summed E-state index contributed by atoms with van der Waals surface area (Å²) < 4.78 is 45.5. The Bertz CT molecular complexity index is 2270. The van der Waals surface area contributed by atoms with Crippen LogP contribution in [0, 0.1) is 13.8 Å². The predicted molar refractivity (Wildman–Crippen MR) is 182 cm³/mol. The van der Waals surface area contributed by atoms with Crippen LogP contribution in [0.5, 0.6) is 5.75 Å². The Hall–Kier alpha value is -3.43. The molecule has 5 aromatic carbocycles. The van der Waals surface area contributed by atoms with Gasteiger partial charge in [0.15, 0.2) is 0 Å². The molecule has 0 saturated heterocycles. The Labute approximate surface area is 347 Å². The van der Waals surface area contributed by atoms with Gasteiger partial charge in [0, 0.05) is 34.6 Å². The van der Waals surface area contributed by atoms with E-state index in [2.05, 4.69) is 45.4 Å². The summed E-state index contributed by atoms with van der Waals surface area (Å²) in [4.78, 5) is 12.6. The number of carbonyl (C=O) groups is 1. The van der Waals surface area contributed by atoms with Crippen molar-refractivity contribution in [3.8, 4) is 5.75 Å². The Morgan fingerprint density at radius 3 is 2.10 bits per heavy atom. The summed E-state index contributed by atoms with van der Waals surface area (Å²) in [5.74, 6) is 0.0519. The van der Waals surface area contributed by atoms with Crippen molar-refractivity contribution in [2.45, 2.75) is 23.6 Å². The summed E-state index contributed by atoms with van der Waals surface area (Å²) in [6.45, 7) is 3.77. The standard InChI is InChI=1S/C33H29N7O8S2.2Na/c1-19-13-25(37-40-29-18-31(46-4)30(38-34-3)14-20(29)2)11-12-28(19)39-36-23-8-5-21(6-9-23)33(41)35-24-10-7-22-15-26(49-48-47-42)17-32(27(22)16-24)50(43,44)45;;/h5-18,42H,1-4H3,(H,35,41)(H,43,44,45);;/q;2*+1/p-2. The Morgan fingerprint density at radius 1 is 0.769 bits per heavy atom. The number of fused-ring (bicyclic) bond motifs is 1. The van der Waals surface area contributed by atoms with E-state index in [4.69, 9.17) is 4.74 Å². The molecule has 19 heteroatoms. The van der Waals surface area contributed by atoms with Crippen LogP contribution in [-0.2, 0) is 19.5 Å². The monoisotopic (exact) mass is 759 g/mol. The van der Waals surface area contributed by atoms with Crippen LogP contribution in [-0.4, -0.2) is 33.0 Å². The number of hydrogen-bond acceptors (Lipinski definition) is 15. The third kappa shape index (κ3) is 11.0. The Morgan fingerprint density at radius 2 is 1.44 bits per heavy atom. The molecule has 0 bridgehead atoms. The van der Waals surface area contributed by atoms with Gasteiger partial charge in [-0.15, -0.1) is 0 Å². The van der Waals surface area contributed by atoms with Gasteiger partial charge in [-0.05, 0) is 103 Å². The van der Waals surface area contributed by atoms with Gasteiger partial charge in [0.2, 0.25) is 0 Å². The quantitative estimate of drug-likeness (QED) is 0.0494. The molecule has 0 fully saturated rings. The number of hydrogen-bond donors (Lipinski definition) is 1. The van der Waals surface area contributed by atoms with E-state index in [0.717, 1.165) is 17.2 Å². The predicted octanol–water partition coefficient (Wildman–Crippen LogP) is 2.40. The maximum atomic E-state index is 13.0. The van der Waals surface area contributed by atoms with E-state index in [9.17, 15) is 23.0 Å². The number of aryl methyl sites for hydroxylation is 2. The van der Waals surface area contributed by atoms with Crippen molar-refractivity contribution in [2.75, 3.05) is 19.5 Å². The number of anilines is 1. The van der Waals surface area contributed by atoms with E-state index in [1.807, 2.05) is 26.0 Å². The van der Waals surface area contributed by atoms with Gasteiger partial charge >= 0.3 is 59.1 Å². The van der Waals surface area contributed by atoms with Crippen molar-refractivity contribution in [1.29, 1.82) is 0 Å². The van der Waals surface area contributed by atoms with Crippen molar-refractivity contribution in [3.05, 3.63) is 102 Å². The molecule has 0 saturated carbocycles. The zero-order valence-electron chi connectivity index (χ0n) is 28.8. The molecule has 0 spiro atoms. The molecule has 1 amide bonds. The topological polar surface area (TPSA) is 211 Å². The summed E-state index contributed by atoms with van der Waals surface area (Å²) in [6, 6.07) is 22.3. The molecular weight excluding hydrogens is 733 g/mol. The number of azo groups is 3. The molecule has 256 valence electrons. The molecular formula is C33H27N7Na2O8S2. The van der Waals surface area contributed by atoms with Crippen LogP contribution >= 0.6 is 12.0 Å². The van der Waals surface area contributed by atoms with Crippen molar-refractivity contribution in [3.63, 3.8) is 0 Å². The van der Waals surface area contributed by atoms with Gasteiger partial charge in [0.05, 0.1) is 46.8 Å². The molecule has 0 aliphatic carbocycles. The van der Waals surface area contributed by atoms with Gasteiger partial charge in [0.25, 0.3) is 5.91 Å². The van der Waals surface area contributed by atoms with Gasteiger partial charge in [-0.25, -0.2) is 8.42 Å². The molecule has 15 nitrogen and oxygen atoms in total. The molecule has 5 aromatic rings. The van der Waals surface area contributed by atoms with Crippen LogP contribution in [0.4, 0.5) is 34.1 Å². The van der Waals surface area contributed by atoms with Gasteiger partial charge in [0.1, 0.15) is 21.6 Å². The maximum Gasteiger partial charge on any atom is 1.00 e. The van der Waals surface area contributed by atoms with Crippen LogP contribution in [0.1, 0.15) is 21.5 Å². The maximum absolute atomic E-state index is 13.0. The van der Waals surface area contributed by atoms with Crippen molar-refractivity contribution >= 4 is 73.0 Å². The van der Waals surface area contributed by atoms with Crippen LogP contribution < -0.4 is 74.4 Å². The molecule has 1 N–H and O–H groups in total. The number of amides is 1. The SMILES string of the molecule is CN=Nc1cc(C)c(N=Nc2ccc(N=Nc3ccc(C(=O)Nc4ccc5cc(SOO[O-])cc(S(=O)(=O)[O-])c5c4)cc3)c(C)c2)cc1OC.[Na+].[Na+]. The normalized spacial score (nSPS) is 11.6. The molecule has 0 aliphatic rings. The van der Waals surface area contributed by atoms with E-state index in [1.54, 1.807) is 56.6 Å². The Kier molecular flexibility index (Phi) is 16.2.